The highest BCUT2D eigenvalue weighted by atomic mass is 19.1. The summed E-state index contributed by atoms with van der Waals surface area (Å²) < 4.78 is 23.6. The van der Waals surface area contributed by atoms with Crippen molar-refractivity contribution in [3.8, 4) is 5.82 Å². The van der Waals surface area contributed by atoms with Crippen LogP contribution in [0.2, 0.25) is 0 Å². The molecule has 9 heteroatoms. The molecule has 174 valence electrons. The molecule has 0 bridgehead atoms. The average Bonchev–Trinajstić information content (AvgIpc) is 3.56. The molecule has 1 aliphatic carbocycles. The Bertz CT molecular complexity index is 1520. The lowest BCUT2D eigenvalue weighted by atomic mass is 10.1. The molecule has 0 unspecified atom stereocenters. The number of nitrogens with zero attached hydrogens (tertiary/aromatic N) is 3. The molecule has 0 radical (unpaired) electrons. The van der Waals surface area contributed by atoms with Crippen LogP contribution in [0.3, 0.4) is 0 Å². The summed E-state index contributed by atoms with van der Waals surface area (Å²) >= 11 is 0. The fourth-order valence-corrected chi connectivity index (χ4v) is 4.05. The molecule has 3 heterocycles. The Kier molecular flexibility index (Phi) is 5.39. The number of nitrogens with one attached hydrogen (secondary N) is 1. The van der Waals surface area contributed by atoms with Gasteiger partial charge in [0.1, 0.15) is 11.2 Å². The first-order valence-corrected chi connectivity index (χ1v) is 11.1. The quantitative estimate of drug-likeness (QED) is 0.442. The molecule has 4 aromatic rings. The van der Waals surface area contributed by atoms with Crippen molar-refractivity contribution in [3.63, 3.8) is 0 Å². The molecule has 0 atom stereocenters. The van der Waals surface area contributed by atoms with Crippen molar-refractivity contribution in [1.82, 2.24) is 19.4 Å². The zero-order valence-electron chi connectivity index (χ0n) is 18.8. The van der Waals surface area contributed by atoms with E-state index in [1.165, 1.54) is 13.1 Å². The summed E-state index contributed by atoms with van der Waals surface area (Å²) in [6, 6.07) is 6.96. The standard InChI is InChI=1S/C25H23FN4O4/c1-3-34-25(33)20-13-30(18-6-7-18)23-19(22(20)32)9-21(26)24(28-23)29-11-16-5-4-15(8-17(16)12-29)10-27-14(2)31/h4-5,8-9,11-13,18H,3,6-7,10H2,1-2H3,(H,27,31). The van der Waals surface area contributed by atoms with Gasteiger partial charge in [-0.1, -0.05) is 12.1 Å². The molecule has 1 N–H and O–H groups in total. The molecule has 1 fully saturated rings. The van der Waals surface area contributed by atoms with Crippen LogP contribution in [0, 0.1) is 5.82 Å². The number of carbonyl (C=O) groups is 2. The third kappa shape index (κ3) is 3.93. The maximum atomic E-state index is 15.2. The molecule has 1 aliphatic rings. The second-order valence-electron chi connectivity index (χ2n) is 8.43. The fourth-order valence-electron chi connectivity index (χ4n) is 4.05. The lowest BCUT2D eigenvalue weighted by molar-refractivity contribution is -0.119. The highest BCUT2D eigenvalue weighted by Crippen LogP contribution is 2.37. The number of halogens is 1. The van der Waals surface area contributed by atoms with Gasteiger partial charge in [-0.05, 0) is 42.8 Å². The Morgan fingerprint density at radius 2 is 1.94 bits per heavy atom. The van der Waals surface area contributed by atoms with Crippen molar-refractivity contribution < 1.29 is 18.7 Å². The highest BCUT2D eigenvalue weighted by molar-refractivity contribution is 5.93. The van der Waals surface area contributed by atoms with Crippen LogP contribution in [-0.2, 0) is 16.1 Å². The summed E-state index contributed by atoms with van der Waals surface area (Å²) in [5.41, 5.74) is 0.541. The van der Waals surface area contributed by atoms with E-state index in [-0.39, 0.29) is 35.3 Å². The molecule has 34 heavy (non-hydrogen) atoms. The average molecular weight is 462 g/mol. The molecule has 3 aromatic heterocycles. The second kappa shape index (κ2) is 8.40. The topological polar surface area (TPSA) is 95.2 Å². The number of aromatic nitrogens is 3. The molecule has 1 amide bonds. The number of esters is 1. The Balaban J connectivity index is 1.62. The Labute approximate surface area is 194 Å². The summed E-state index contributed by atoms with van der Waals surface area (Å²) in [4.78, 5) is 41.0. The Morgan fingerprint density at radius 1 is 1.18 bits per heavy atom. The first-order valence-electron chi connectivity index (χ1n) is 11.1. The van der Waals surface area contributed by atoms with E-state index in [2.05, 4.69) is 10.3 Å². The van der Waals surface area contributed by atoms with E-state index < -0.39 is 17.2 Å². The molecule has 0 spiro atoms. The first-order chi connectivity index (χ1) is 16.4. The largest absolute Gasteiger partial charge is 0.462 e. The molecular formula is C25H23FN4O4. The van der Waals surface area contributed by atoms with E-state index in [1.54, 1.807) is 28.5 Å². The van der Waals surface area contributed by atoms with Gasteiger partial charge < -0.3 is 19.2 Å². The van der Waals surface area contributed by atoms with Gasteiger partial charge in [0.15, 0.2) is 11.6 Å². The number of pyridine rings is 2. The van der Waals surface area contributed by atoms with Gasteiger partial charge in [-0.25, -0.2) is 14.2 Å². The van der Waals surface area contributed by atoms with E-state index >= 15 is 4.39 Å². The SMILES string of the molecule is CCOC(=O)c1cn(C2CC2)c2nc(-n3cc4ccc(CNC(C)=O)cc4c3)c(F)cc2c1=O. The predicted octanol–water partition coefficient (Wildman–Crippen LogP) is 3.63. The highest BCUT2D eigenvalue weighted by Gasteiger charge is 2.28. The smallest absolute Gasteiger partial charge is 0.343 e. The van der Waals surface area contributed by atoms with Crippen LogP contribution in [-0.4, -0.2) is 32.6 Å². The number of benzene rings is 1. The van der Waals surface area contributed by atoms with E-state index in [0.717, 1.165) is 35.2 Å². The van der Waals surface area contributed by atoms with E-state index in [4.69, 9.17) is 4.74 Å². The first kappa shape index (κ1) is 21.8. The van der Waals surface area contributed by atoms with Crippen LogP contribution in [0.1, 0.15) is 48.7 Å². The van der Waals surface area contributed by atoms with Crippen LogP contribution < -0.4 is 10.7 Å². The van der Waals surface area contributed by atoms with E-state index in [9.17, 15) is 14.4 Å². The third-order valence-electron chi connectivity index (χ3n) is 5.87. The molecule has 0 saturated heterocycles. The van der Waals surface area contributed by atoms with E-state index in [0.29, 0.717) is 12.2 Å². The van der Waals surface area contributed by atoms with Crippen molar-refractivity contribution in [2.75, 3.05) is 6.61 Å². The van der Waals surface area contributed by atoms with Gasteiger partial charge in [0.05, 0.1) is 12.0 Å². The minimum Gasteiger partial charge on any atom is -0.462 e. The predicted molar refractivity (Wildman–Crippen MR) is 125 cm³/mol. The number of amides is 1. The van der Waals surface area contributed by atoms with Crippen LogP contribution in [0.5, 0.6) is 0 Å². The fraction of sp³-hybridized carbons (Fsp3) is 0.280. The molecule has 1 aromatic carbocycles. The number of rotatable bonds is 6. The Morgan fingerprint density at radius 3 is 2.65 bits per heavy atom. The number of hydrogen-bond acceptors (Lipinski definition) is 5. The maximum Gasteiger partial charge on any atom is 0.343 e. The van der Waals surface area contributed by atoms with Gasteiger partial charge in [0.2, 0.25) is 11.3 Å². The zero-order chi connectivity index (χ0) is 24.0. The van der Waals surface area contributed by atoms with Crippen LogP contribution in [0.4, 0.5) is 4.39 Å². The van der Waals surface area contributed by atoms with Gasteiger partial charge in [-0.15, -0.1) is 0 Å². The minimum atomic E-state index is -0.722. The second-order valence-corrected chi connectivity index (χ2v) is 8.43. The van der Waals surface area contributed by atoms with Gasteiger partial charge in [0, 0.05) is 43.5 Å². The minimum absolute atomic E-state index is 0.0491. The van der Waals surface area contributed by atoms with Crippen LogP contribution in [0.25, 0.3) is 27.6 Å². The zero-order valence-corrected chi connectivity index (χ0v) is 18.8. The monoisotopic (exact) mass is 462 g/mol. The summed E-state index contributed by atoms with van der Waals surface area (Å²) in [6.07, 6.45) is 6.78. The van der Waals surface area contributed by atoms with Crippen molar-refractivity contribution >= 4 is 33.7 Å². The van der Waals surface area contributed by atoms with Gasteiger partial charge in [-0.2, -0.15) is 0 Å². The lowest BCUT2D eigenvalue weighted by Gasteiger charge is -2.13. The molecule has 5 rings (SSSR count). The number of ether oxygens (including phenoxy) is 1. The van der Waals surface area contributed by atoms with Crippen molar-refractivity contribution in [2.45, 2.75) is 39.3 Å². The van der Waals surface area contributed by atoms with Gasteiger partial charge in [0.25, 0.3) is 0 Å². The van der Waals surface area contributed by atoms with Gasteiger partial charge >= 0.3 is 5.97 Å². The van der Waals surface area contributed by atoms with E-state index in [1.807, 2.05) is 18.2 Å². The number of carbonyl (C=O) groups excluding carboxylic acids is 2. The van der Waals surface area contributed by atoms with Crippen molar-refractivity contribution in [3.05, 3.63) is 70.0 Å². The normalized spacial score (nSPS) is 13.4. The Hall–Kier alpha value is -4.01. The lowest BCUT2D eigenvalue weighted by Crippen LogP contribution is -2.22. The molecule has 8 nitrogen and oxygen atoms in total. The number of hydrogen-bond donors (Lipinski definition) is 1. The summed E-state index contributed by atoms with van der Waals surface area (Å²) in [6.45, 7) is 3.66. The van der Waals surface area contributed by atoms with Crippen LogP contribution in [0.15, 0.2) is 47.7 Å². The summed E-state index contributed by atoms with van der Waals surface area (Å²) in [5.74, 6) is -1.45. The summed E-state index contributed by atoms with van der Waals surface area (Å²) in [5, 5.41) is 4.55. The third-order valence-corrected chi connectivity index (χ3v) is 5.87. The van der Waals surface area contributed by atoms with Crippen LogP contribution >= 0.6 is 0 Å². The molecule has 0 aliphatic heterocycles. The van der Waals surface area contributed by atoms with Crippen molar-refractivity contribution in [2.24, 2.45) is 0 Å². The van der Waals surface area contributed by atoms with Gasteiger partial charge in [-0.3, -0.25) is 9.59 Å². The number of fused-ring (bicyclic) bond motifs is 2. The summed E-state index contributed by atoms with van der Waals surface area (Å²) in [7, 11) is 0. The van der Waals surface area contributed by atoms with Crippen molar-refractivity contribution in [1.29, 1.82) is 0 Å². The maximum absolute atomic E-state index is 15.2. The molecular weight excluding hydrogens is 439 g/mol. The molecule has 1 saturated carbocycles.